The molecule has 0 radical (unpaired) electrons. The van der Waals surface area contributed by atoms with Gasteiger partial charge in [-0.2, -0.15) is 0 Å². The van der Waals surface area contributed by atoms with Crippen LogP contribution in [0.4, 0.5) is 0 Å². The molecule has 2 amide bonds. The number of methoxy groups -OCH3 is 1. The van der Waals surface area contributed by atoms with Gasteiger partial charge in [-0.15, -0.1) is 0 Å². The third-order valence-corrected chi connectivity index (χ3v) is 5.88. The van der Waals surface area contributed by atoms with Gasteiger partial charge in [-0.1, -0.05) is 43.1 Å². The zero-order valence-corrected chi connectivity index (χ0v) is 20.4. The van der Waals surface area contributed by atoms with Gasteiger partial charge in [0.1, 0.15) is 17.5 Å². The molecule has 2 rings (SSSR count). The van der Waals surface area contributed by atoms with E-state index in [4.69, 9.17) is 32.7 Å². The summed E-state index contributed by atoms with van der Waals surface area (Å²) in [4.78, 5) is 27.7. The first-order chi connectivity index (χ1) is 15.3. The van der Waals surface area contributed by atoms with Crippen LogP contribution in [-0.4, -0.2) is 42.5 Å². The SMILES string of the molecule is CC[C@@H](C)NC(=O)[C@H](CC)N(Cc1ccc(Cl)c(Cl)c1)C(=O)COc1ccc(OC)cc1. The second-order valence-corrected chi connectivity index (χ2v) is 8.29. The molecular formula is C24H30Cl2N2O4. The Morgan fingerprint density at radius 3 is 2.22 bits per heavy atom. The summed E-state index contributed by atoms with van der Waals surface area (Å²) in [5, 5.41) is 3.79. The lowest BCUT2D eigenvalue weighted by atomic mass is 10.1. The maximum Gasteiger partial charge on any atom is 0.261 e. The number of ether oxygens (including phenoxy) is 2. The third kappa shape index (κ3) is 7.31. The quantitative estimate of drug-likeness (QED) is 0.485. The van der Waals surface area contributed by atoms with Gasteiger partial charge in [0.25, 0.3) is 5.91 Å². The monoisotopic (exact) mass is 480 g/mol. The van der Waals surface area contributed by atoms with Crippen LogP contribution in [0.3, 0.4) is 0 Å². The summed E-state index contributed by atoms with van der Waals surface area (Å²) in [6.07, 6.45) is 1.25. The predicted molar refractivity (Wildman–Crippen MR) is 127 cm³/mol. The summed E-state index contributed by atoms with van der Waals surface area (Å²) < 4.78 is 10.8. The lowest BCUT2D eigenvalue weighted by Crippen LogP contribution is -2.51. The summed E-state index contributed by atoms with van der Waals surface area (Å²) in [5.74, 6) is 0.723. The lowest BCUT2D eigenvalue weighted by Gasteiger charge is -2.31. The molecule has 0 fully saturated rings. The molecule has 0 aliphatic rings. The van der Waals surface area contributed by atoms with Crippen LogP contribution in [0.15, 0.2) is 42.5 Å². The van der Waals surface area contributed by atoms with E-state index in [0.717, 1.165) is 12.0 Å². The highest BCUT2D eigenvalue weighted by molar-refractivity contribution is 6.42. The Morgan fingerprint density at radius 2 is 1.66 bits per heavy atom. The molecule has 8 heteroatoms. The van der Waals surface area contributed by atoms with Gasteiger partial charge in [0.15, 0.2) is 6.61 Å². The molecule has 0 saturated carbocycles. The number of benzene rings is 2. The fraction of sp³-hybridized carbons (Fsp3) is 0.417. The molecule has 2 aromatic rings. The minimum absolute atomic E-state index is 0.00836. The largest absolute Gasteiger partial charge is 0.497 e. The first-order valence-electron chi connectivity index (χ1n) is 10.6. The maximum absolute atomic E-state index is 13.2. The first kappa shape index (κ1) is 25.8. The fourth-order valence-corrected chi connectivity index (χ4v) is 3.42. The summed E-state index contributed by atoms with van der Waals surface area (Å²) in [6.45, 7) is 5.80. The standard InChI is InChI=1S/C24H30Cl2N2O4/c1-5-16(3)27-24(30)22(6-2)28(14-17-7-12-20(25)21(26)13-17)23(29)15-32-19-10-8-18(31-4)9-11-19/h7-13,16,22H,5-6,14-15H2,1-4H3,(H,27,30)/t16-,22+/m1/s1. The van der Waals surface area contributed by atoms with Crippen molar-refractivity contribution in [2.45, 2.75) is 52.2 Å². The molecule has 2 atom stereocenters. The maximum atomic E-state index is 13.2. The van der Waals surface area contributed by atoms with Crippen molar-refractivity contribution in [3.05, 3.63) is 58.1 Å². The fourth-order valence-electron chi connectivity index (χ4n) is 3.10. The van der Waals surface area contributed by atoms with Gasteiger partial charge in [0.2, 0.25) is 5.91 Å². The van der Waals surface area contributed by atoms with Gasteiger partial charge >= 0.3 is 0 Å². The summed E-state index contributed by atoms with van der Waals surface area (Å²) in [6, 6.07) is 11.5. The zero-order valence-electron chi connectivity index (χ0n) is 18.9. The first-order valence-corrected chi connectivity index (χ1v) is 11.3. The third-order valence-electron chi connectivity index (χ3n) is 5.15. The number of carbonyl (C=O) groups excluding carboxylic acids is 2. The topological polar surface area (TPSA) is 67.9 Å². The smallest absolute Gasteiger partial charge is 0.261 e. The summed E-state index contributed by atoms with van der Waals surface area (Å²) >= 11 is 12.2. The second kappa shape index (κ2) is 12.6. The van der Waals surface area contributed by atoms with Crippen molar-refractivity contribution in [2.24, 2.45) is 0 Å². The van der Waals surface area contributed by atoms with Gasteiger partial charge in [0, 0.05) is 12.6 Å². The van der Waals surface area contributed by atoms with Crippen molar-refractivity contribution >= 4 is 35.0 Å². The minimum Gasteiger partial charge on any atom is -0.497 e. The van der Waals surface area contributed by atoms with Crippen molar-refractivity contribution in [3.8, 4) is 11.5 Å². The van der Waals surface area contributed by atoms with Crippen molar-refractivity contribution in [3.63, 3.8) is 0 Å². The van der Waals surface area contributed by atoms with Gasteiger partial charge in [-0.25, -0.2) is 0 Å². The molecule has 0 aliphatic carbocycles. The molecule has 0 unspecified atom stereocenters. The Hall–Kier alpha value is -2.44. The Kier molecular flexibility index (Phi) is 10.1. The van der Waals surface area contributed by atoms with Crippen LogP contribution in [0.25, 0.3) is 0 Å². The molecular weight excluding hydrogens is 451 g/mol. The van der Waals surface area contributed by atoms with Crippen LogP contribution in [0.5, 0.6) is 11.5 Å². The number of nitrogens with zero attached hydrogens (tertiary/aromatic N) is 1. The Labute approximate surface area is 199 Å². The molecule has 32 heavy (non-hydrogen) atoms. The summed E-state index contributed by atoms with van der Waals surface area (Å²) in [7, 11) is 1.58. The second-order valence-electron chi connectivity index (χ2n) is 7.48. The number of rotatable bonds is 11. The van der Waals surface area contributed by atoms with E-state index in [2.05, 4.69) is 5.32 Å². The molecule has 0 aromatic heterocycles. The van der Waals surface area contributed by atoms with Gasteiger partial charge in [-0.05, 0) is 61.7 Å². The van der Waals surface area contributed by atoms with Crippen molar-refractivity contribution in [1.82, 2.24) is 10.2 Å². The van der Waals surface area contributed by atoms with Gasteiger partial charge in [-0.3, -0.25) is 9.59 Å². The number of hydrogen-bond acceptors (Lipinski definition) is 4. The van der Waals surface area contributed by atoms with Crippen LogP contribution in [-0.2, 0) is 16.1 Å². The van der Waals surface area contributed by atoms with E-state index in [1.807, 2.05) is 20.8 Å². The summed E-state index contributed by atoms with van der Waals surface area (Å²) in [5.41, 5.74) is 0.770. The molecule has 174 valence electrons. The Morgan fingerprint density at radius 1 is 1.00 bits per heavy atom. The number of halogens is 2. The number of amides is 2. The molecule has 0 aliphatic heterocycles. The van der Waals surface area contributed by atoms with E-state index in [9.17, 15) is 9.59 Å². The molecule has 6 nitrogen and oxygen atoms in total. The van der Waals surface area contributed by atoms with Crippen molar-refractivity contribution in [2.75, 3.05) is 13.7 Å². The van der Waals surface area contributed by atoms with E-state index in [-0.39, 0.29) is 31.0 Å². The van der Waals surface area contributed by atoms with E-state index < -0.39 is 6.04 Å². The highest BCUT2D eigenvalue weighted by Gasteiger charge is 2.29. The van der Waals surface area contributed by atoms with Crippen molar-refractivity contribution in [1.29, 1.82) is 0 Å². The van der Waals surface area contributed by atoms with Gasteiger partial charge < -0.3 is 19.7 Å². The molecule has 1 N–H and O–H groups in total. The van der Waals surface area contributed by atoms with Crippen LogP contribution in [0.2, 0.25) is 10.0 Å². The van der Waals surface area contributed by atoms with Crippen LogP contribution >= 0.6 is 23.2 Å². The Balaban J connectivity index is 2.22. The van der Waals surface area contributed by atoms with Crippen LogP contribution in [0.1, 0.15) is 39.2 Å². The van der Waals surface area contributed by atoms with E-state index >= 15 is 0 Å². The normalized spacial score (nSPS) is 12.6. The molecule has 2 aromatic carbocycles. The molecule has 0 bridgehead atoms. The average Bonchev–Trinajstić information content (AvgIpc) is 2.79. The highest BCUT2D eigenvalue weighted by Crippen LogP contribution is 2.24. The molecule has 0 spiro atoms. The Bertz CT molecular complexity index is 905. The number of hydrogen-bond donors (Lipinski definition) is 1. The minimum atomic E-state index is -0.648. The molecule has 0 saturated heterocycles. The predicted octanol–water partition coefficient (Wildman–Crippen LogP) is 5.10. The lowest BCUT2D eigenvalue weighted by molar-refractivity contribution is -0.143. The van der Waals surface area contributed by atoms with E-state index in [1.54, 1.807) is 49.6 Å². The number of carbonyl (C=O) groups is 2. The highest BCUT2D eigenvalue weighted by atomic mass is 35.5. The zero-order chi connectivity index (χ0) is 23.7. The number of nitrogens with one attached hydrogen (secondary N) is 1. The molecule has 0 heterocycles. The average molecular weight is 481 g/mol. The van der Waals surface area contributed by atoms with E-state index in [0.29, 0.717) is 28.0 Å². The van der Waals surface area contributed by atoms with Crippen LogP contribution < -0.4 is 14.8 Å². The van der Waals surface area contributed by atoms with Crippen LogP contribution in [0, 0.1) is 0 Å². The van der Waals surface area contributed by atoms with Crippen molar-refractivity contribution < 1.29 is 19.1 Å². The van der Waals surface area contributed by atoms with Gasteiger partial charge in [0.05, 0.1) is 17.2 Å². The van der Waals surface area contributed by atoms with E-state index in [1.165, 1.54) is 4.90 Å².